The highest BCUT2D eigenvalue weighted by Crippen LogP contribution is 2.35. The Hall–Kier alpha value is -3.13. The highest BCUT2D eigenvalue weighted by atomic mass is 35.5. The molecule has 4 nitrogen and oxygen atoms in total. The zero-order valence-corrected chi connectivity index (χ0v) is 18.7. The maximum atomic E-state index is 13.8. The molecule has 2 heterocycles. The van der Waals surface area contributed by atoms with Gasteiger partial charge in [0.25, 0.3) is 0 Å². The van der Waals surface area contributed by atoms with Crippen molar-refractivity contribution < 1.29 is 17.6 Å². The SMILES string of the molecule is Fc1ccc2nc(C(F)(F)F)cc(N[C@H]3CC[C@@H](Nc4ccnc5cc(Cl)ccc45)CC3)c2c1. The topological polar surface area (TPSA) is 49.8 Å². The number of halogens is 5. The smallest absolute Gasteiger partial charge is 0.382 e. The van der Waals surface area contributed by atoms with Gasteiger partial charge in [0.2, 0.25) is 0 Å². The Morgan fingerprint density at radius 3 is 2.21 bits per heavy atom. The van der Waals surface area contributed by atoms with E-state index in [0.717, 1.165) is 54.4 Å². The zero-order valence-electron chi connectivity index (χ0n) is 18.0. The van der Waals surface area contributed by atoms with Gasteiger partial charge < -0.3 is 10.6 Å². The number of hydrogen-bond donors (Lipinski definition) is 2. The van der Waals surface area contributed by atoms with E-state index in [4.69, 9.17) is 11.6 Å². The summed E-state index contributed by atoms with van der Waals surface area (Å²) in [5.41, 5.74) is 1.16. The van der Waals surface area contributed by atoms with Gasteiger partial charge >= 0.3 is 6.18 Å². The fraction of sp³-hybridized carbons (Fsp3) is 0.280. The fourth-order valence-electron chi connectivity index (χ4n) is 4.53. The number of alkyl halides is 3. The Kier molecular flexibility index (Phi) is 5.93. The van der Waals surface area contributed by atoms with Gasteiger partial charge in [-0.3, -0.25) is 4.98 Å². The van der Waals surface area contributed by atoms with Crippen LogP contribution in [-0.4, -0.2) is 22.1 Å². The van der Waals surface area contributed by atoms with Gasteiger partial charge in [-0.1, -0.05) is 11.6 Å². The fourth-order valence-corrected chi connectivity index (χ4v) is 4.70. The van der Waals surface area contributed by atoms with Crippen LogP contribution in [0.5, 0.6) is 0 Å². The Morgan fingerprint density at radius 2 is 1.50 bits per heavy atom. The molecule has 0 spiro atoms. The van der Waals surface area contributed by atoms with Crippen LogP contribution in [0.2, 0.25) is 5.02 Å². The van der Waals surface area contributed by atoms with Gasteiger partial charge in [0.15, 0.2) is 0 Å². The Bertz CT molecular complexity index is 1350. The highest BCUT2D eigenvalue weighted by molar-refractivity contribution is 6.31. The van der Waals surface area contributed by atoms with E-state index >= 15 is 0 Å². The van der Waals surface area contributed by atoms with Gasteiger partial charge in [-0.25, -0.2) is 9.37 Å². The highest BCUT2D eigenvalue weighted by Gasteiger charge is 2.34. The molecule has 2 aromatic carbocycles. The molecule has 2 aromatic heterocycles. The molecule has 0 radical (unpaired) electrons. The molecule has 0 bridgehead atoms. The third-order valence-corrected chi connectivity index (χ3v) is 6.45. The number of pyridine rings is 2. The van der Waals surface area contributed by atoms with Gasteiger partial charge in [-0.15, -0.1) is 0 Å². The number of rotatable bonds is 4. The second-order valence-corrected chi connectivity index (χ2v) is 9.01. The number of nitrogens with zero attached hydrogens (tertiary/aromatic N) is 2. The summed E-state index contributed by atoms with van der Waals surface area (Å²) in [4.78, 5) is 8.04. The first-order chi connectivity index (χ1) is 16.3. The molecule has 9 heteroatoms. The van der Waals surface area contributed by atoms with Crippen molar-refractivity contribution in [2.45, 2.75) is 43.9 Å². The Balaban J connectivity index is 1.31. The first kappa shape index (κ1) is 22.7. The van der Waals surface area contributed by atoms with Crippen LogP contribution in [0, 0.1) is 5.82 Å². The van der Waals surface area contributed by atoms with Crippen LogP contribution >= 0.6 is 11.6 Å². The summed E-state index contributed by atoms with van der Waals surface area (Å²) in [6.45, 7) is 0. The average Bonchev–Trinajstić information content (AvgIpc) is 2.80. The predicted molar refractivity (Wildman–Crippen MR) is 127 cm³/mol. The minimum Gasteiger partial charge on any atom is -0.382 e. The quantitative estimate of drug-likeness (QED) is 0.293. The van der Waals surface area contributed by atoms with Crippen molar-refractivity contribution in [3.05, 3.63) is 71.3 Å². The molecule has 1 fully saturated rings. The van der Waals surface area contributed by atoms with Gasteiger partial charge in [-0.05, 0) is 74.2 Å². The van der Waals surface area contributed by atoms with Crippen molar-refractivity contribution in [2.24, 2.45) is 0 Å². The number of hydrogen-bond acceptors (Lipinski definition) is 4. The molecule has 1 aliphatic rings. The molecular weight excluding hydrogens is 468 g/mol. The summed E-state index contributed by atoms with van der Waals surface area (Å²) in [7, 11) is 0. The normalized spacial score (nSPS) is 18.9. The van der Waals surface area contributed by atoms with Gasteiger partial charge in [0.05, 0.1) is 11.0 Å². The predicted octanol–water partition coefficient (Wildman–Crippen LogP) is 7.43. The molecule has 1 saturated carbocycles. The van der Waals surface area contributed by atoms with E-state index in [1.807, 2.05) is 24.3 Å². The lowest BCUT2D eigenvalue weighted by Gasteiger charge is -2.31. The summed E-state index contributed by atoms with van der Waals surface area (Å²) in [6.07, 6.45) is 0.329. The number of benzene rings is 2. The van der Waals surface area contributed by atoms with Crippen molar-refractivity contribution in [3.8, 4) is 0 Å². The second-order valence-electron chi connectivity index (χ2n) is 8.57. The third kappa shape index (κ3) is 4.73. The van der Waals surface area contributed by atoms with Crippen molar-refractivity contribution in [3.63, 3.8) is 0 Å². The molecule has 0 saturated heterocycles. The lowest BCUT2D eigenvalue weighted by molar-refractivity contribution is -0.140. The van der Waals surface area contributed by atoms with Crippen LogP contribution in [0.3, 0.4) is 0 Å². The van der Waals surface area contributed by atoms with E-state index in [2.05, 4.69) is 20.6 Å². The summed E-state index contributed by atoms with van der Waals surface area (Å²) in [5.74, 6) is -0.518. The second kappa shape index (κ2) is 8.91. The van der Waals surface area contributed by atoms with Crippen LogP contribution < -0.4 is 10.6 Å². The number of anilines is 2. The molecule has 5 rings (SSSR count). The van der Waals surface area contributed by atoms with Crippen LogP contribution in [0.1, 0.15) is 31.4 Å². The number of fused-ring (bicyclic) bond motifs is 2. The number of aromatic nitrogens is 2. The molecule has 0 amide bonds. The monoisotopic (exact) mass is 488 g/mol. The van der Waals surface area contributed by atoms with Crippen LogP contribution in [0.4, 0.5) is 28.9 Å². The Morgan fingerprint density at radius 1 is 0.794 bits per heavy atom. The van der Waals surface area contributed by atoms with E-state index in [1.54, 1.807) is 6.20 Å². The largest absolute Gasteiger partial charge is 0.433 e. The van der Waals surface area contributed by atoms with Crippen LogP contribution in [0.25, 0.3) is 21.8 Å². The van der Waals surface area contributed by atoms with Crippen molar-refractivity contribution >= 4 is 44.8 Å². The van der Waals surface area contributed by atoms with E-state index in [1.165, 1.54) is 12.1 Å². The first-order valence-corrected chi connectivity index (χ1v) is 11.4. The molecular formula is C25H21ClF4N4. The summed E-state index contributed by atoms with van der Waals surface area (Å²) in [5, 5.41) is 8.75. The van der Waals surface area contributed by atoms with Gasteiger partial charge in [0.1, 0.15) is 11.5 Å². The number of nitrogens with one attached hydrogen (secondary N) is 2. The van der Waals surface area contributed by atoms with Crippen molar-refractivity contribution in [2.75, 3.05) is 10.6 Å². The molecule has 0 atom stereocenters. The lowest BCUT2D eigenvalue weighted by atomic mass is 9.90. The molecule has 176 valence electrons. The van der Waals surface area contributed by atoms with Gasteiger partial charge in [-0.2, -0.15) is 13.2 Å². The van der Waals surface area contributed by atoms with Gasteiger partial charge in [0, 0.05) is 45.5 Å². The molecule has 1 aliphatic carbocycles. The van der Waals surface area contributed by atoms with E-state index < -0.39 is 17.7 Å². The summed E-state index contributed by atoms with van der Waals surface area (Å²) in [6, 6.07) is 12.3. The minimum atomic E-state index is -4.59. The Labute approximate surface area is 198 Å². The third-order valence-electron chi connectivity index (χ3n) is 6.21. The first-order valence-electron chi connectivity index (χ1n) is 11.0. The van der Waals surface area contributed by atoms with Crippen molar-refractivity contribution in [1.82, 2.24) is 9.97 Å². The zero-order chi connectivity index (χ0) is 23.9. The molecule has 4 aromatic rings. The standard InChI is InChI=1S/C25H21ClF4N4/c26-14-1-7-18-21(9-10-31-22(18)11-14)32-16-3-5-17(6-4-16)33-23-13-24(25(28,29)30)34-20-8-2-15(27)12-19(20)23/h1-2,7-13,16-17H,3-6H2,(H,31,32)(H,33,34)/t16-,17+. The maximum Gasteiger partial charge on any atom is 0.433 e. The maximum absolute atomic E-state index is 13.8. The van der Waals surface area contributed by atoms with Crippen LogP contribution in [0.15, 0.2) is 54.7 Å². The van der Waals surface area contributed by atoms with E-state index in [-0.39, 0.29) is 23.3 Å². The van der Waals surface area contributed by atoms with E-state index in [0.29, 0.717) is 10.4 Å². The van der Waals surface area contributed by atoms with Crippen molar-refractivity contribution in [1.29, 1.82) is 0 Å². The summed E-state index contributed by atoms with van der Waals surface area (Å²) < 4.78 is 53.9. The van der Waals surface area contributed by atoms with Crippen LogP contribution in [-0.2, 0) is 6.18 Å². The summed E-state index contributed by atoms with van der Waals surface area (Å²) >= 11 is 6.07. The molecule has 2 N–H and O–H groups in total. The average molecular weight is 489 g/mol. The molecule has 0 aliphatic heterocycles. The molecule has 34 heavy (non-hydrogen) atoms. The molecule has 0 unspecified atom stereocenters. The lowest BCUT2D eigenvalue weighted by Crippen LogP contribution is -2.32. The van der Waals surface area contributed by atoms with E-state index in [9.17, 15) is 17.6 Å². The minimum absolute atomic E-state index is 0.0269.